The molecule has 1 atom stereocenters. The Hall–Kier alpha value is -2.20. The Kier molecular flexibility index (Phi) is 9.51. The van der Waals surface area contributed by atoms with Crippen molar-refractivity contribution in [2.24, 2.45) is 4.99 Å². The lowest BCUT2D eigenvalue weighted by atomic mass is 10.2. The van der Waals surface area contributed by atoms with Crippen LogP contribution in [0.3, 0.4) is 0 Å². The summed E-state index contributed by atoms with van der Waals surface area (Å²) in [5.74, 6) is 0.349. The highest BCUT2D eigenvalue weighted by atomic mass is 127. The van der Waals surface area contributed by atoms with E-state index in [1.54, 1.807) is 13.1 Å². The minimum atomic E-state index is -0.355. The Morgan fingerprint density at radius 3 is 2.70 bits per heavy atom. The summed E-state index contributed by atoms with van der Waals surface area (Å²) in [5.41, 5.74) is 2.62. The van der Waals surface area contributed by atoms with Crippen molar-refractivity contribution in [3.05, 3.63) is 65.5 Å². The number of guanidine groups is 1. The molecule has 1 fully saturated rings. The van der Waals surface area contributed by atoms with Crippen molar-refractivity contribution in [2.75, 3.05) is 26.0 Å². The van der Waals surface area contributed by atoms with Crippen LogP contribution in [0.15, 0.2) is 53.5 Å². The molecule has 2 N–H and O–H groups in total. The first-order valence-electron chi connectivity index (χ1n) is 9.73. The fourth-order valence-electron chi connectivity index (χ4n) is 3.32. The van der Waals surface area contributed by atoms with Gasteiger partial charge in [-0.1, -0.05) is 24.3 Å². The Morgan fingerprint density at radius 2 is 2.00 bits per heavy atom. The molecule has 2 aromatic carbocycles. The largest absolute Gasteiger partial charge is 0.368 e. The van der Waals surface area contributed by atoms with E-state index in [4.69, 9.17) is 4.74 Å². The molecule has 162 valence electrons. The second-order valence-electron chi connectivity index (χ2n) is 7.08. The second-order valence-corrected chi connectivity index (χ2v) is 7.08. The highest BCUT2D eigenvalue weighted by Gasteiger charge is 2.23. The number of aliphatic imine (C=N–C) groups is 1. The lowest BCUT2D eigenvalue weighted by Gasteiger charge is -2.22. The number of carbonyl (C=O) groups is 1. The number of benzene rings is 2. The summed E-state index contributed by atoms with van der Waals surface area (Å²) < 4.78 is 18.8. The van der Waals surface area contributed by atoms with E-state index in [-0.39, 0.29) is 41.8 Å². The number of hydrogen-bond donors (Lipinski definition) is 2. The lowest BCUT2D eigenvalue weighted by Crippen LogP contribution is -2.38. The average Bonchev–Trinajstić information content (AvgIpc) is 3.24. The normalized spacial score (nSPS) is 16.0. The fraction of sp³-hybridized carbons (Fsp3) is 0.364. The lowest BCUT2D eigenvalue weighted by molar-refractivity contribution is -0.124. The van der Waals surface area contributed by atoms with Crippen molar-refractivity contribution in [3.63, 3.8) is 0 Å². The summed E-state index contributed by atoms with van der Waals surface area (Å²) >= 11 is 0. The molecule has 1 amide bonds. The molecular weight excluding hydrogens is 498 g/mol. The van der Waals surface area contributed by atoms with Gasteiger partial charge in [-0.2, -0.15) is 0 Å². The molecule has 30 heavy (non-hydrogen) atoms. The smallest absolute Gasteiger partial charge is 0.253 e. The van der Waals surface area contributed by atoms with E-state index >= 15 is 0 Å². The quantitative estimate of drug-likeness (QED) is 0.342. The molecule has 8 heteroatoms. The molecule has 1 saturated heterocycles. The molecule has 2 aromatic rings. The number of halogens is 2. The number of nitrogens with one attached hydrogen (secondary N) is 2. The minimum Gasteiger partial charge on any atom is -0.368 e. The van der Waals surface area contributed by atoms with Crippen molar-refractivity contribution in [2.45, 2.75) is 32.0 Å². The van der Waals surface area contributed by atoms with Crippen LogP contribution in [0, 0.1) is 5.82 Å². The number of hydrogen-bond acceptors (Lipinski definition) is 3. The summed E-state index contributed by atoms with van der Waals surface area (Å²) in [6, 6.07) is 14.2. The first-order chi connectivity index (χ1) is 14.0. The maximum atomic E-state index is 13.4. The zero-order chi connectivity index (χ0) is 20.6. The topological polar surface area (TPSA) is 66.0 Å². The zero-order valence-electron chi connectivity index (χ0n) is 17.2. The SMILES string of the molecule is CN=C(NCc1cccc(NC(=O)C2CCCO2)c1)N(C)Cc1cccc(F)c1.I. The van der Waals surface area contributed by atoms with Crippen molar-refractivity contribution < 1.29 is 13.9 Å². The Bertz CT molecular complexity index is 872. The van der Waals surface area contributed by atoms with Crippen LogP contribution in [0.1, 0.15) is 24.0 Å². The second kappa shape index (κ2) is 11.8. The van der Waals surface area contributed by atoms with Crippen LogP contribution in [0.25, 0.3) is 0 Å². The van der Waals surface area contributed by atoms with Gasteiger partial charge >= 0.3 is 0 Å². The van der Waals surface area contributed by atoms with E-state index < -0.39 is 0 Å². The van der Waals surface area contributed by atoms with Gasteiger partial charge in [0.1, 0.15) is 11.9 Å². The van der Waals surface area contributed by atoms with Crippen molar-refractivity contribution in [3.8, 4) is 0 Å². The minimum absolute atomic E-state index is 0. The average molecular weight is 526 g/mol. The van der Waals surface area contributed by atoms with Crippen LogP contribution in [0.4, 0.5) is 10.1 Å². The van der Waals surface area contributed by atoms with E-state index in [0.717, 1.165) is 29.7 Å². The monoisotopic (exact) mass is 526 g/mol. The molecule has 0 spiro atoms. The van der Waals surface area contributed by atoms with Gasteiger partial charge < -0.3 is 20.3 Å². The van der Waals surface area contributed by atoms with Crippen molar-refractivity contribution in [1.82, 2.24) is 10.2 Å². The van der Waals surface area contributed by atoms with Crippen LogP contribution in [-0.2, 0) is 22.6 Å². The van der Waals surface area contributed by atoms with Crippen LogP contribution in [0.2, 0.25) is 0 Å². The number of anilines is 1. The van der Waals surface area contributed by atoms with Crippen molar-refractivity contribution >= 4 is 41.5 Å². The Labute approximate surface area is 193 Å². The standard InChI is InChI=1S/C22H27FN4O2.HI/c1-24-22(27(2)15-17-7-3-8-18(23)12-17)25-14-16-6-4-9-19(13-16)26-21(28)20-10-5-11-29-20;/h3-4,6-9,12-13,20H,5,10-11,14-15H2,1-2H3,(H,24,25)(H,26,28);1H. The summed E-state index contributed by atoms with van der Waals surface area (Å²) in [6.45, 7) is 1.73. The number of amides is 1. The fourth-order valence-corrected chi connectivity index (χ4v) is 3.32. The third-order valence-corrected chi connectivity index (χ3v) is 4.75. The Balaban J connectivity index is 0.00000320. The summed E-state index contributed by atoms with van der Waals surface area (Å²) in [5, 5.41) is 6.22. The molecule has 1 heterocycles. The molecule has 0 bridgehead atoms. The molecule has 0 aliphatic carbocycles. The van der Waals surface area contributed by atoms with Crippen LogP contribution in [0.5, 0.6) is 0 Å². The highest BCUT2D eigenvalue weighted by molar-refractivity contribution is 14.0. The van der Waals surface area contributed by atoms with Crippen LogP contribution in [-0.4, -0.2) is 43.6 Å². The van der Waals surface area contributed by atoms with Crippen LogP contribution < -0.4 is 10.6 Å². The number of rotatable bonds is 6. The van der Waals surface area contributed by atoms with Gasteiger partial charge in [0.15, 0.2) is 5.96 Å². The summed E-state index contributed by atoms with van der Waals surface area (Å²) in [4.78, 5) is 18.4. The maximum Gasteiger partial charge on any atom is 0.253 e. The van der Waals surface area contributed by atoms with Gasteiger partial charge in [-0.15, -0.1) is 24.0 Å². The van der Waals surface area contributed by atoms with Gasteiger partial charge in [-0.3, -0.25) is 9.79 Å². The summed E-state index contributed by atoms with van der Waals surface area (Å²) in [7, 11) is 3.61. The van der Waals surface area contributed by atoms with E-state index in [9.17, 15) is 9.18 Å². The predicted octanol–water partition coefficient (Wildman–Crippen LogP) is 3.77. The first-order valence-corrected chi connectivity index (χ1v) is 9.73. The van der Waals surface area contributed by atoms with Gasteiger partial charge in [-0.05, 0) is 48.2 Å². The van der Waals surface area contributed by atoms with E-state index in [0.29, 0.717) is 25.7 Å². The van der Waals surface area contributed by atoms with Gasteiger partial charge in [0.05, 0.1) is 0 Å². The van der Waals surface area contributed by atoms with Crippen LogP contribution >= 0.6 is 24.0 Å². The van der Waals surface area contributed by atoms with E-state index in [1.165, 1.54) is 12.1 Å². The van der Waals surface area contributed by atoms with Crippen molar-refractivity contribution in [1.29, 1.82) is 0 Å². The van der Waals surface area contributed by atoms with Gasteiger partial charge in [-0.25, -0.2) is 4.39 Å². The molecular formula is C22H28FIN4O2. The zero-order valence-corrected chi connectivity index (χ0v) is 19.6. The molecule has 3 rings (SSSR count). The van der Waals surface area contributed by atoms with Gasteiger partial charge in [0.25, 0.3) is 5.91 Å². The third kappa shape index (κ3) is 6.94. The molecule has 6 nitrogen and oxygen atoms in total. The van der Waals surface area contributed by atoms with Gasteiger partial charge in [0.2, 0.25) is 0 Å². The molecule has 0 radical (unpaired) electrons. The van der Waals surface area contributed by atoms with Gasteiger partial charge in [0, 0.05) is 39.5 Å². The molecule has 0 saturated carbocycles. The van der Waals surface area contributed by atoms with E-state index in [2.05, 4.69) is 15.6 Å². The predicted molar refractivity (Wildman–Crippen MR) is 128 cm³/mol. The maximum absolute atomic E-state index is 13.4. The Morgan fingerprint density at radius 1 is 1.23 bits per heavy atom. The number of nitrogens with zero attached hydrogens (tertiary/aromatic N) is 2. The first kappa shape index (κ1) is 24.1. The number of carbonyl (C=O) groups excluding carboxylic acids is 1. The molecule has 1 aliphatic rings. The third-order valence-electron chi connectivity index (χ3n) is 4.75. The summed E-state index contributed by atoms with van der Waals surface area (Å²) in [6.07, 6.45) is 1.33. The highest BCUT2D eigenvalue weighted by Crippen LogP contribution is 2.16. The molecule has 1 unspecified atom stereocenters. The molecule has 0 aromatic heterocycles. The van der Waals surface area contributed by atoms with E-state index in [1.807, 2.05) is 42.3 Å². The molecule has 1 aliphatic heterocycles. The number of ether oxygens (including phenoxy) is 1.